The first-order valence-corrected chi connectivity index (χ1v) is 5.49. The van der Waals surface area contributed by atoms with Gasteiger partial charge in [0.1, 0.15) is 5.82 Å². The Morgan fingerprint density at radius 3 is 2.72 bits per heavy atom. The van der Waals surface area contributed by atoms with Crippen molar-refractivity contribution in [2.75, 3.05) is 19.0 Å². The number of hydrogen-bond donors (Lipinski definition) is 2. The average molecular weight is 258 g/mol. The summed E-state index contributed by atoms with van der Waals surface area (Å²) in [4.78, 5) is 17.0. The van der Waals surface area contributed by atoms with Crippen LogP contribution in [0.4, 0.5) is 14.6 Å². The highest BCUT2D eigenvalue weighted by Crippen LogP contribution is 2.13. The summed E-state index contributed by atoms with van der Waals surface area (Å²) >= 11 is 0. The molecule has 1 aromatic rings. The van der Waals surface area contributed by atoms with Crippen molar-refractivity contribution in [3.63, 3.8) is 0 Å². The second kappa shape index (κ2) is 6.25. The topological polar surface area (TPSA) is 71.2 Å². The number of aryl methyl sites for hydroxylation is 1. The lowest BCUT2D eigenvalue weighted by molar-refractivity contribution is 0.0620. The van der Waals surface area contributed by atoms with E-state index in [1.54, 1.807) is 6.07 Å². The summed E-state index contributed by atoms with van der Waals surface area (Å²) in [6, 6.07) is 3.01. The van der Waals surface area contributed by atoms with E-state index in [4.69, 9.17) is 5.84 Å². The van der Waals surface area contributed by atoms with Crippen LogP contribution in [0.1, 0.15) is 23.0 Å². The number of carbonyl (C=O) groups excluding carboxylic acids is 1. The van der Waals surface area contributed by atoms with Crippen LogP contribution in [-0.2, 0) is 6.42 Å². The molecule has 0 aliphatic heterocycles. The summed E-state index contributed by atoms with van der Waals surface area (Å²) in [6.45, 7) is 1.27. The second-order valence-electron chi connectivity index (χ2n) is 3.81. The molecule has 0 radical (unpaired) electrons. The van der Waals surface area contributed by atoms with E-state index in [0.717, 1.165) is 4.90 Å². The highest BCUT2D eigenvalue weighted by Gasteiger charge is 2.17. The second-order valence-corrected chi connectivity index (χ2v) is 3.81. The Morgan fingerprint density at radius 1 is 1.56 bits per heavy atom. The van der Waals surface area contributed by atoms with Crippen LogP contribution in [0.3, 0.4) is 0 Å². The molecular weight excluding hydrogens is 242 g/mol. The number of alkyl halides is 2. The number of nitrogens with zero attached hydrogens (tertiary/aromatic N) is 2. The summed E-state index contributed by atoms with van der Waals surface area (Å²) in [6.07, 6.45) is -1.94. The lowest BCUT2D eigenvalue weighted by Crippen LogP contribution is -2.31. The predicted octanol–water partition coefficient (Wildman–Crippen LogP) is 1.27. The van der Waals surface area contributed by atoms with Crippen molar-refractivity contribution in [1.29, 1.82) is 0 Å². The van der Waals surface area contributed by atoms with Crippen molar-refractivity contribution < 1.29 is 13.6 Å². The molecular formula is C11H16F2N4O. The molecule has 1 heterocycles. The number of hydrogen-bond acceptors (Lipinski definition) is 4. The Bertz CT molecular complexity index is 403. The van der Waals surface area contributed by atoms with Gasteiger partial charge in [-0.25, -0.2) is 19.6 Å². The van der Waals surface area contributed by atoms with Crippen LogP contribution in [0.25, 0.3) is 0 Å². The molecule has 0 aliphatic carbocycles. The fourth-order valence-corrected chi connectivity index (χ4v) is 1.48. The Kier molecular flexibility index (Phi) is 4.96. The summed E-state index contributed by atoms with van der Waals surface area (Å²) in [5.41, 5.74) is 3.30. The van der Waals surface area contributed by atoms with E-state index in [1.165, 1.54) is 13.1 Å². The molecule has 0 bridgehead atoms. The lowest BCUT2D eigenvalue weighted by atomic mass is 10.1. The van der Waals surface area contributed by atoms with Crippen LogP contribution < -0.4 is 11.3 Å². The molecule has 0 saturated carbocycles. The molecule has 0 unspecified atom stereocenters. The number of amides is 1. The van der Waals surface area contributed by atoms with Crippen LogP contribution in [0.5, 0.6) is 0 Å². The first kappa shape index (κ1) is 14.3. The molecule has 0 saturated heterocycles. The molecule has 3 N–H and O–H groups in total. The minimum Gasteiger partial charge on any atom is -0.336 e. The third kappa shape index (κ3) is 3.63. The van der Waals surface area contributed by atoms with Crippen molar-refractivity contribution in [1.82, 2.24) is 9.88 Å². The summed E-state index contributed by atoms with van der Waals surface area (Å²) in [5, 5.41) is 0. The van der Waals surface area contributed by atoms with Crippen LogP contribution >= 0.6 is 0 Å². The predicted molar refractivity (Wildman–Crippen MR) is 64.4 cm³/mol. The molecule has 1 amide bonds. The van der Waals surface area contributed by atoms with Gasteiger partial charge in [0.2, 0.25) is 0 Å². The van der Waals surface area contributed by atoms with Crippen molar-refractivity contribution >= 4 is 11.7 Å². The summed E-state index contributed by atoms with van der Waals surface area (Å²) < 4.78 is 24.4. The molecule has 0 atom stereocenters. The highest BCUT2D eigenvalue weighted by atomic mass is 19.3. The average Bonchev–Trinajstić information content (AvgIpc) is 2.36. The number of nitrogens with one attached hydrogen (secondary N) is 1. The standard InChI is InChI=1S/C11H16F2N4O/c1-3-8-4-7(5-10(15-8)16-14)11(18)17(2)6-9(12)13/h4-5,9H,3,6,14H2,1-2H3,(H,15,16). The van der Waals surface area contributed by atoms with Gasteiger partial charge in [-0.1, -0.05) is 6.92 Å². The zero-order valence-corrected chi connectivity index (χ0v) is 10.3. The third-order valence-electron chi connectivity index (χ3n) is 2.39. The Balaban J connectivity index is 2.97. The number of hydrazine groups is 1. The maximum absolute atomic E-state index is 12.2. The van der Waals surface area contributed by atoms with Gasteiger partial charge in [-0.3, -0.25) is 4.79 Å². The molecule has 7 heteroatoms. The first-order chi connectivity index (χ1) is 8.47. The molecule has 0 aliphatic rings. The van der Waals surface area contributed by atoms with Crippen molar-refractivity contribution in [2.24, 2.45) is 5.84 Å². The minimum absolute atomic E-state index is 0.290. The van der Waals surface area contributed by atoms with Gasteiger partial charge >= 0.3 is 0 Å². The first-order valence-electron chi connectivity index (χ1n) is 5.49. The number of anilines is 1. The van der Waals surface area contributed by atoms with Gasteiger partial charge in [-0.2, -0.15) is 0 Å². The molecule has 0 fully saturated rings. The van der Waals surface area contributed by atoms with Crippen LogP contribution in [-0.4, -0.2) is 35.8 Å². The van der Waals surface area contributed by atoms with Gasteiger partial charge in [0.15, 0.2) is 0 Å². The maximum Gasteiger partial charge on any atom is 0.255 e. The number of pyridine rings is 1. The lowest BCUT2D eigenvalue weighted by Gasteiger charge is -2.17. The van der Waals surface area contributed by atoms with Gasteiger partial charge in [0.25, 0.3) is 12.3 Å². The van der Waals surface area contributed by atoms with E-state index in [9.17, 15) is 13.6 Å². The SMILES string of the molecule is CCc1cc(C(=O)N(C)CC(F)F)cc(NN)n1. The highest BCUT2D eigenvalue weighted by molar-refractivity contribution is 5.94. The number of aromatic nitrogens is 1. The number of nitrogens with two attached hydrogens (primary N) is 1. The molecule has 18 heavy (non-hydrogen) atoms. The molecule has 0 aromatic carbocycles. The number of nitrogen functional groups attached to an aromatic ring is 1. The van der Waals surface area contributed by atoms with Gasteiger partial charge in [0.05, 0.1) is 6.54 Å². The minimum atomic E-state index is -2.56. The normalized spacial score (nSPS) is 10.6. The molecule has 1 aromatic heterocycles. The van der Waals surface area contributed by atoms with Crippen LogP contribution in [0.2, 0.25) is 0 Å². The van der Waals surface area contributed by atoms with E-state index in [2.05, 4.69) is 10.4 Å². The van der Waals surface area contributed by atoms with E-state index in [1.807, 2.05) is 6.92 Å². The quantitative estimate of drug-likeness (QED) is 0.616. The van der Waals surface area contributed by atoms with Gasteiger partial charge in [0, 0.05) is 18.3 Å². The monoisotopic (exact) mass is 258 g/mol. The Labute approximate surface area is 104 Å². The van der Waals surface area contributed by atoms with Crippen LogP contribution in [0, 0.1) is 0 Å². The Morgan fingerprint density at radius 2 is 2.22 bits per heavy atom. The van der Waals surface area contributed by atoms with E-state index in [0.29, 0.717) is 17.9 Å². The fraction of sp³-hybridized carbons (Fsp3) is 0.455. The zero-order chi connectivity index (χ0) is 13.7. The fourth-order valence-electron chi connectivity index (χ4n) is 1.48. The largest absolute Gasteiger partial charge is 0.336 e. The summed E-state index contributed by atoms with van der Waals surface area (Å²) in [7, 11) is 1.33. The Hall–Kier alpha value is -1.76. The zero-order valence-electron chi connectivity index (χ0n) is 10.3. The third-order valence-corrected chi connectivity index (χ3v) is 2.39. The molecule has 0 spiro atoms. The van der Waals surface area contributed by atoms with Gasteiger partial charge < -0.3 is 10.3 Å². The van der Waals surface area contributed by atoms with E-state index >= 15 is 0 Å². The van der Waals surface area contributed by atoms with Gasteiger partial charge in [-0.15, -0.1) is 0 Å². The van der Waals surface area contributed by atoms with Crippen molar-refractivity contribution in [2.45, 2.75) is 19.8 Å². The van der Waals surface area contributed by atoms with Crippen LogP contribution in [0.15, 0.2) is 12.1 Å². The number of carbonyl (C=O) groups is 1. The van der Waals surface area contributed by atoms with E-state index in [-0.39, 0.29) is 5.56 Å². The molecule has 5 nitrogen and oxygen atoms in total. The van der Waals surface area contributed by atoms with E-state index < -0.39 is 18.9 Å². The van der Waals surface area contributed by atoms with Crippen molar-refractivity contribution in [3.8, 4) is 0 Å². The number of rotatable bonds is 5. The number of halogens is 2. The van der Waals surface area contributed by atoms with Gasteiger partial charge in [-0.05, 0) is 18.6 Å². The smallest absolute Gasteiger partial charge is 0.255 e. The molecule has 100 valence electrons. The molecule has 1 rings (SSSR count). The maximum atomic E-state index is 12.2. The van der Waals surface area contributed by atoms with Crippen molar-refractivity contribution in [3.05, 3.63) is 23.4 Å². The summed E-state index contributed by atoms with van der Waals surface area (Å²) in [5.74, 6) is 5.10.